The van der Waals surface area contributed by atoms with Crippen LogP contribution in [0.5, 0.6) is 0 Å². The number of carbonyl (C=O) groups excluding carboxylic acids is 2. The summed E-state index contributed by atoms with van der Waals surface area (Å²) in [6.45, 7) is 2.55. The summed E-state index contributed by atoms with van der Waals surface area (Å²) in [5.41, 5.74) is 1.05. The number of hydrogen-bond acceptors (Lipinski definition) is 3. The number of thioether (sulfide) groups is 1. The molecule has 0 spiro atoms. The Balaban J connectivity index is 1.21. The van der Waals surface area contributed by atoms with Gasteiger partial charge >= 0.3 is 0 Å². The summed E-state index contributed by atoms with van der Waals surface area (Å²) in [5.74, 6) is 0.991. The summed E-state index contributed by atoms with van der Waals surface area (Å²) in [5, 5.41) is 0.662. The molecule has 1 aromatic carbocycles. The first-order valence-electron chi connectivity index (χ1n) is 10.1. The highest BCUT2D eigenvalue weighted by atomic mass is 32.2. The zero-order chi connectivity index (χ0) is 18.8. The summed E-state index contributed by atoms with van der Waals surface area (Å²) in [6, 6.07) is 6.49. The molecule has 146 valence electrons. The van der Waals surface area contributed by atoms with Crippen molar-refractivity contribution >= 4 is 23.6 Å². The molecule has 2 atom stereocenters. The van der Waals surface area contributed by atoms with Gasteiger partial charge in [-0.2, -0.15) is 0 Å². The van der Waals surface area contributed by atoms with Crippen molar-refractivity contribution in [1.82, 2.24) is 9.80 Å². The number of piperazine rings is 1. The van der Waals surface area contributed by atoms with E-state index in [-0.39, 0.29) is 29.5 Å². The Morgan fingerprint density at radius 1 is 1.00 bits per heavy atom. The Bertz CT molecular complexity index is 682. The molecule has 0 bridgehead atoms. The fraction of sp³-hybridized carbons (Fsp3) is 0.619. The Morgan fingerprint density at radius 2 is 1.63 bits per heavy atom. The van der Waals surface area contributed by atoms with Gasteiger partial charge in [0.25, 0.3) is 0 Å². The maximum atomic E-state index is 13.1. The topological polar surface area (TPSA) is 40.6 Å². The molecule has 0 aromatic heterocycles. The lowest BCUT2D eigenvalue weighted by molar-refractivity contribution is -0.139. The van der Waals surface area contributed by atoms with Crippen LogP contribution in [-0.2, 0) is 9.59 Å². The molecule has 1 aliphatic heterocycles. The fourth-order valence-electron chi connectivity index (χ4n) is 4.29. The molecule has 3 fully saturated rings. The maximum Gasteiger partial charge on any atom is 0.232 e. The summed E-state index contributed by atoms with van der Waals surface area (Å²) in [6.07, 6.45) is 5.94. The number of amides is 2. The van der Waals surface area contributed by atoms with Gasteiger partial charge in [-0.15, -0.1) is 11.8 Å². The van der Waals surface area contributed by atoms with E-state index in [4.69, 9.17) is 0 Å². The predicted molar refractivity (Wildman–Crippen MR) is 105 cm³/mol. The van der Waals surface area contributed by atoms with E-state index in [9.17, 15) is 14.0 Å². The van der Waals surface area contributed by atoms with Crippen molar-refractivity contribution in [1.29, 1.82) is 0 Å². The van der Waals surface area contributed by atoms with Crippen LogP contribution < -0.4 is 0 Å². The molecule has 1 heterocycles. The van der Waals surface area contributed by atoms with Crippen LogP contribution in [0.15, 0.2) is 24.3 Å². The second kappa shape index (κ2) is 8.21. The molecule has 1 aromatic rings. The van der Waals surface area contributed by atoms with Crippen molar-refractivity contribution in [2.24, 2.45) is 5.92 Å². The zero-order valence-electron chi connectivity index (χ0n) is 15.6. The van der Waals surface area contributed by atoms with Crippen molar-refractivity contribution in [2.75, 3.05) is 31.9 Å². The molecule has 3 aliphatic rings. The first kappa shape index (κ1) is 18.8. The van der Waals surface area contributed by atoms with E-state index in [0.717, 1.165) is 12.0 Å². The predicted octanol–water partition coefficient (Wildman–Crippen LogP) is 3.28. The normalized spacial score (nSPS) is 25.7. The minimum atomic E-state index is -0.242. The second-order valence-electron chi connectivity index (χ2n) is 7.92. The second-order valence-corrected chi connectivity index (χ2v) is 9.21. The summed E-state index contributed by atoms with van der Waals surface area (Å²) >= 11 is 1.81. The van der Waals surface area contributed by atoms with Gasteiger partial charge in [-0.25, -0.2) is 4.39 Å². The molecule has 27 heavy (non-hydrogen) atoms. The number of nitrogens with zero attached hydrogens (tertiary/aromatic N) is 2. The van der Waals surface area contributed by atoms with Crippen molar-refractivity contribution in [3.8, 4) is 0 Å². The number of benzene rings is 1. The van der Waals surface area contributed by atoms with E-state index >= 15 is 0 Å². The van der Waals surface area contributed by atoms with Crippen molar-refractivity contribution in [3.63, 3.8) is 0 Å². The van der Waals surface area contributed by atoms with E-state index < -0.39 is 0 Å². The average Bonchev–Trinajstić information content (AvgIpc) is 3.32. The molecule has 2 amide bonds. The third-order valence-electron chi connectivity index (χ3n) is 6.09. The van der Waals surface area contributed by atoms with Gasteiger partial charge in [-0.3, -0.25) is 9.59 Å². The van der Waals surface area contributed by atoms with E-state index in [1.807, 2.05) is 21.6 Å². The highest BCUT2D eigenvalue weighted by molar-refractivity contribution is 8.00. The molecule has 2 unspecified atom stereocenters. The van der Waals surface area contributed by atoms with Gasteiger partial charge in [0.1, 0.15) is 5.82 Å². The third-order valence-corrected chi connectivity index (χ3v) is 7.45. The van der Waals surface area contributed by atoms with Gasteiger partial charge < -0.3 is 9.80 Å². The number of halogens is 1. The number of carbonyl (C=O) groups is 2. The van der Waals surface area contributed by atoms with Gasteiger partial charge in [-0.1, -0.05) is 25.0 Å². The Hall–Kier alpha value is -1.56. The van der Waals surface area contributed by atoms with Crippen molar-refractivity contribution in [2.45, 2.75) is 43.3 Å². The van der Waals surface area contributed by atoms with E-state index in [1.54, 1.807) is 12.1 Å². The lowest BCUT2D eigenvalue weighted by Gasteiger charge is -2.35. The van der Waals surface area contributed by atoms with Crippen LogP contribution in [0, 0.1) is 11.7 Å². The van der Waals surface area contributed by atoms with Gasteiger partial charge in [0.15, 0.2) is 0 Å². The number of rotatable bonds is 5. The van der Waals surface area contributed by atoms with E-state index in [1.165, 1.54) is 37.8 Å². The van der Waals surface area contributed by atoms with Gasteiger partial charge in [0.05, 0.1) is 5.75 Å². The monoisotopic (exact) mass is 390 g/mol. The smallest absolute Gasteiger partial charge is 0.232 e. The first-order chi connectivity index (χ1) is 13.1. The lowest BCUT2D eigenvalue weighted by atomic mass is 10.1. The molecule has 2 aliphatic carbocycles. The third kappa shape index (κ3) is 4.48. The summed E-state index contributed by atoms with van der Waals surface area (Å²) in [7, 11) is 0. The largest absolute Gasteiger partial charge is 0.339 e. The molecule has 2 saturated carbocycles. The summed E-state index contributed by atoms with van der Waals surface area (Å²) in [4.78, 5) is 29.0. The molecule has 0 N–H and O–H groups in total. The molecule has 1 saturated heterocycles. The van der Waals surface area contributed by atoms with Gasteiger partial charge in [-0.05, 0) is 42.9 Å². The Labute approximate surface area is 164 Å². The average molecular weight is 391 g/mol. The van der Waals surface area contributed by atoms with Crippen LogP contribution in [0.2, 0.25) is 0 Å². The molecular formula is C21H27FN2O2S. The van der Waals surface area contributed by atoms with Gasteiger partial charge in [0.2, 0.25) is 11.8 Å². The maximum absolute atomic E-state index is 13.1. The quantitative estimate of drug-likeness (QED) is 0.775. The van der Waals surface area contributed by atoms with Crippen LogP contribution in [0.4, 0.5) is 4.39 Å². The van der Waals surface area contributed by atoms with Crippen LogP contribution in [0.3, 0.4) is 0 Å². The minimum absolute atomic E-state index is 0.0237. The van der Waals surface area contributed by atoms with E-state index in [0.29, 0.717) is 37.2 Å². The Kier molecular flexibility index (Phi) is 5.71. The fourth-order valence-corrected chi connectivity index (χ4v) is 5.52. The van der Waals surface area contributed by atoms with Crippen LogP contribution in [0.25, 0.3) is 0 Å². The minimum Gasteiger partial charge on any atom is -0.339 e. The first-order valence-corrected chi connectivity index (χ1v) is 11.1. The van der Waals surface area contributed by atoms with Crippen LogP contribution >= 0.6 is 11.8 Å². The highest BCUT2D eigenvalue weighted by Gasteiger charge is 2.46. The molecule has 4 nitrogen and oxygen atoms in total. The summed E-state index contributed by atoms with van der Waals surface area (Å²) < 4.78 is 13.1. The highest BCUT2D eigenvalue weighted by Crippen LogP contribution is 2.48. The standard InChI is InChI=1S/C21H27FN2O2S/c22-16-7-5-15(6-8-16)18-13-19(18)21(26)24-11-9-23(10-12-24)20(25)14-27-17-3-1-2-4-17/h5-8,17-19H,1-4,9-14H2. The van der Waals surface area contributed by atoms with Crippen LogP contribution in [-0.4, -0.2) is 58.8 Å². The number of hydrogen-bond donors (Lipinski definition) is 0. The van der Waals surface area contributed by atoms with Crippen molar-refractivity contribution < 1.29 is 14.0 Å². The lowest BCUT2D eigenvalue weighted by Crippen LogP contribution is -2.51. The van der Waals surface area contributed by atoms with Crippen molar-refractivity contribution in [3.05, 3.63) is 35.6 Å². The van der Waals surface area contributed by atoms with E-state index in [2.05, 4.69) is 0 Å². The molecule has 4 rings (SSSR count). The SMILES string of the molecule is O=C(CSC1CCCC1)N1CCN(C(=O)C2CC2c2ccc(F)cc2)CC1. The van der Waals surface area contributed by atoms with Gasteiger partial charge in [0, 0.05) is 37.3 Å². The molecular weight excluding hydrogens is 363 g/mol. The molecule has 6 heteroatoms. The zero-order valence-corrected chi connectivity index (χ0v) is 16.4. The molecule has 0 radical (unpaired) electrons. The Morgan fingerprint density at radius 3 is 2.30 bits per heavy atom. The van der Waals surface area contributed by atoms with Crippen LogP contribution in [0.1, 0.15) is 43.6 Å².